The first kappa shape index (κ1) is 12.3. The fraction of sp³-hybridized carbons (Fsp3) is 1.00. The third-order valence-electron chi connectivity index (χ3n) is 3.78. The van der Waals surface area contributed by atoms with E-state index in [9.17, 15) is 0 Å². The zero-order chi connectivity index (χ0) is 11.2. The topological polar surface area (TPSA) is 24.5 Å². The van der Waals surface area contributed by atoms with Crippen LogP contribution in [0.5, 0.6) is 0 Å². The molecule has 3 heteroatoms. The number of hydrogen-bond acceptors (Lipinski definition) is 3. The first-order chi connectivity index (χ1) is 7.88. The largest absolute Gasteiger partial charge is 0.377 e. The van der Waals surface area contributed by atoms with E-state index in [4.69, 9.17) is 4.74 Å². The molecule has 2 aliphatic rings. The van der Waals surface area contributed by atoms with Gasteiger partial charge in [-0.3, -0.25) is 0 Å². The molecule has 0 aromatic carbocycles. The number of nitrogens with zero attached hydrogens (tertiary/aromatic N) is 1. The molecule has 16 heavy (non-hydrogen) atoms. The normalized spacial score (nSPS) is 32.8. The average molecular weight is 226 g/mol. The summed E-state index contributed by atoms with van der Waals surface area (Å²) < 4.78 is 5.74. The zero-order valence-corrected chi connectivity index (χ0v) is 10.6. The second-order valence-electron chi connectivity index (χ2n) is 5.19. The van der Waals surface area contributed by atoms with Crippen molar-refractivity contribution in [2.24, 2.45) is 5.92 Å². The Hall–Kier alpha value is -0.120. The van der Waals surface area contributed by atoms with Crippen molar-refractivity contribution in [3.8, 4) is 0 Å². The second kappa shape index (κ2) is 6.58. The van der Waals surface area contributed by atoms with Gasteiger partial charge in [0.05, 0.1) is 6.10 Å². The number of nitrogens with one attached hydrogen (secondary N) is 1. The molecule has 0 aliphatic carbocycles. The van der Waals surface area contributed by atoms with Crippen LogP contribution in [0.25, 0.3) is 0 Å². The van der Waals surface area contributed by atoms with Crippen LogP contribution in [0, 0.1) is 5.92 Å². The summed E-state index contributed by atoms with van der Waals surface area (Å²) in [5.74, 6) is 0.870. The third kappa shape index (κ3) is 3.72. The number of piperidine rings is 2. The van der Waals surface area contributed by atoms with Crippen LogP contribution in [0.4, 0.5) is 0 Å². The Balaban J connectivity index is 1.71. The van der Waals surface area contributed by atoms with Crippen LogP contribution in [0.2, 0.25) is 0 Å². The average Bonchev–Trinajstić information content (AvgIpc) is 2.31. The summed E-state index contributed by atoms with van der Waals surface area (Å²) >= 11 is 0. The number of likely N-dealkylation sites (tertiary alicyclic amines) is 1. The summed E-state index contributed by atoms with van der Waals surface area (Å²) in [5.41, 5.74) is 0. The Morgan fingerprint density at radius 2 is 2.25 bits per heavy atom. The molecule has 0 radical (unpaired) electrons. The van der Waals surface area contributed by atoms with Crippen molar-refractivity contribution >= 4 is 0 Å². The van der Waals surface area contributed by atoms with Crippen LogP contribution >= 0.6 is 0 Å². The summed E-state index contributed by atoms with van der Waals surface area (Å²) in [5, 5.41) is 3.50. The maximum absolute atomic E-state index is 5.74. The molecule has 0 aromatic heterocycles. The summed E-state index contributed by atoms with van der Waals surface area (Å²) in [6.45, 7) is 9.11. The van der Waals surface area contributed by atoms with Crippen LogP contribution < -0.4 is 5.32 Å². The minimum absolute atomic E-state index is 0.496. The molecule has 2 saturated heterocycles. The Morgan fingerprint density at radius 3 is 3.00 bits per heavy atom. The van der Waals surface area contributed by atoms with E-state index in [0.717, 1.165) is 19.1 Å². The van der Waals surface area contributed by atoms with Crippen molar-refractivity contribution in [1.29, 1.82) is 0 Å². The molecule has 3 nitrogen and oxygen atoms in total. The van der Waals surface area contributed by atoms with Gasteiger partial charge < -0.3 is 15.0 Å². The van der Waals surface area contributed by atoms with E-state index in [1.165, 1.54) is 51.9 Å². The highest BCUT2D eigenvalue weighted by Gasteiger charge is 2.23. The molecule has 2 heterocycles. The Morgan fingerprint density at radius 1 is 1.31 bits per heavy atom. The number of ether oxygens (including phenoxy) is 1. The highest BCUT2D eigenvalue weighted by Crippen LogP contribution is 2.17. The molecule has 94 valence electrons. The monoisotopic (exact) mass is 226 g/mol. The summed E-state index contributed by atoms with van der Waals surface area (Å²) in [6, 6.07) is 0. The highest BCUT2D eigenvalue weighted by atomic mass is 16.5. The molecule has 2 aliphatic heterocycles. The first-order valence-corrected chi connectivity index (χ1v) is 6.93. The maximum Gasteiger partial charge on any atom is 0.0702 e. The number of hydrogen-bond donors (Lipinski definition) is 1. The lowest BCUT2D eigenvalue weighted by atomic mass is 9.97. The van der Waals surface area contributed by atoms with Gasteiger partial charge in [0.2, 0.25) is 0 Å². The van der Waals surface area contributed by atoms with Gasteiger partial charge in [-0.15, -0.1) is 0 Å². The molecule has 0 aromatic rings. The molecule has 0 amide bonds. The van der Waals surface area contributed by atoms with Crippen molar-refractivity contribution < 1.29 is 4.74 Å². The second-order valence-corrected chi connectivity index (χ2v) is 5.19. The number of rotatable bonds is 4. The Kier molecular flexibility index (Phi) is 5.07. The zero-order valence-electron chi connectivity index (χ0n) is 10.6. The summed E-state index contributed by atoms with van der Waals surface area (Å²) in [7, 11) is 0. The lowest BCUT2D eigenvalue weighted by Gasteiger charge is -2.35. The quantitative estimate of drug-likeness (QED) is 0.786. The maximum atomic E-state index is 5.74. The summed E-state index contributed by atoms with van der Waals surface area (Å²) in [4.78, 5) is 2.61. The molecule has 2 unspecified atom stereocenters. The van der Waals surface area contributed by atoms with E-state index in [0.29, 0.717) is 6.10 Å². The van der Waals surface area contributed by atoms with E-state index in [1.54, 1.807) is 0 Å². The van der Waals surface area contributed by atoms with Crippen molar-refractivity contribution in [2.45, 2.75) is 38.7 Å². The molecule has 2 rings (SSSR count). The van der Waals surface area contributed by atoms with Gasteiger partial charge in [-0.1, -0.05) is 0 Å². The summed E-state index contributed by atoms with van der Waals surface area (Å²) in [6.07, 6.45) is 5.82. The molecule has 0 bridgehead atoms. The van der Waals surface area contributed by atoms with Gasteiger partial charge in [0.15, 0.2) is 0 Å². The standard InChI is InChI=1S/C13H26N2O/c1-2-16-13-6-4-8-15(11-13)10-12-5-3-7-14-9-12/h12-14H,2-11H2,1H3. The van der Waals surface area contributed by atoms with Gasteiger partial charge in [0.1, 0.15) is 0 Å². The molecule has 0 saturated carbocycles. The fourth-order valence-corrected chi connectivity index (χ4v) is 3.00. The van der Waals surface area contributed by atoms with E-state index in [-0.39, 0.29) is 0 Å². The highest BCUT2D eigenvalue weighted by molar-refractivity contribution is 4.78. The third-order valence-corrected chi connectivity index (χ3v) is 3.78. The van der Waals surface area contributed by atoms with Crippen molar-refractivity contribution in [1.82, 2.24) is 10.2 Å². The van der Waals surface area contributed by atoms with Crippen molar-refractivity contribution in [2.75, 3.05) is 39.3 Å². The lowest BCUT2D eigenvalue weighted by molar-refractivity contribution is 0.000910. The van der Waals surface area contributed by atoms with Crippen LogP contribution in [0.1, 0.15) is 32.6 Å². The van der Waals surface area contributed by atoms with E-state index >= 15 is 0 Å². The van der Waals surface area contributed by atoms with Gasteiger partial charge in [-0.05, 0) is 58.2 Å². The minimum atomic E-state index is 0.496. The molecule has 2 fully saturated rings. The Labute approximate surface area is 99.5 Å². The van der Waals surface area contributed by atoms with Gasteiger partial charge in [-0.25, -0.2) is 0 Å². The van der Waals surface area contributed by atoms with E-state index < -0.39 is 0 Å². The van der Waals surface area contributed by atoms with Crippen LogP contribution in [0.3, 0.4) is 0 Å². The van der Waals surface area contributed by atoms with Gasteiger partial charge >= 0.3 is 0 Å². The van der Waals surface area contributed by atoms with Crippen LogP contribution in [-0.2, 0) is 4.74 Å². The smallest absolute Gasteiger partial charge is 0.0702 e. The Bertz CT molecular complexity index is 190. The van der Waals surface area contributed by atoms with Crippen molar-refractivity contribution in [3.63, 3.8) is 0 Å². The van der Waals surface area contributed by atoms with E-state index in [2.05, 4.69) is 17.1 Å². The van der Waals surface area contributed by atoms with E-state index in [1.807, 2.05) is 0 Å². The SMILES string of the molecule is CCOC1CCCN(CC2CCCNC2)C1. The van der Waals surface area contributed by atoms with Crippen LogP contribution in [-0.4, -0.2) is 50.3 Å². The van der Waals surface area contributed by atoms with Crippen LogP contribution in [0.15, 0.2) is 0 Å². The van der Waals surface area contributed by atoms with Gasteiger partial charge in [0, 0.05) is 19.7 Å². The van der Waals surface area contributed by atoms with Gasteiger partial charge in [0.25, 0.3) is 0 Å². The molecular formula is C13H26N2O. The molecule has 2 atom stereocenters. The van der Waals surface area contributed by atoms with Gasteiger partial charge in [-0.2, -0.15) is 0 Å². The van der Waals surface area contributed by atoms with Crippen molar-refractivity contribution in [3.05, 3.63) is 0 Å². The fourth-order valence-electron chi connectivity index (χ4n) is 3.00. The molecular weight excluding hydrogens is 200 g/mol. The first-order valence-electron chi connectivity index (χ1n) is 6.93. The minimum Gasteiger partial charge on any atom is -0.377 e. The lowest BCUT2D eigenvalue weighted by Crippen LogP contribution is -2.44. The molecule has 1 N–H and O–H groups in total. The predicted molar refractivity (Wildman–Crippen MR) is 66.7 cm³/mol. The molecule has 0 spiro atoms. The predicted octanol–water partition coefficient (Wildman–Crippen LogP) is 1.49.